The zero-order chi connectivity index (χ0) is 15.0. The van der Waals surface area contributed by atoms with E-state index in [0.717, 1.165) is 10.2 Å². The fraction of sp³-hybridized carbons (Fsp3) is 0. The van der Waals surface area contributed by atoms with Gasteiger partial charge in [0.25, 0.3) is 10.0 Å². The number of para-hydroxylation sites is 1. The minimum atomic E-state index is -3.82. The molecule has 3 rings (SSSR count). The third-order valence-corrected chi connectivity index (χ3v) is 4.90. The Bertz CT molecular complexity index is 927. The highest BCUT2D eigenvalue weighted by molar-refractivity contribution is 7.90. The van der Waals surface area contributed by atoms with Gasteiger partial charge in [-0.1, -0.05) is 36.4 Å². The number of carboxylic acids is 1. The van der Waals surface area contributed by atoms with Crippen LogP contribution in [0.4, 0.5) is 0 Å². The fourth-order valence-electron chi connectivity index (χ4n) is 2.23. The summed E-state index contributed by atoms with van der Waals surface area (Å²) in [6, 6.07) is 14.4. The second-order valence-corrected chi connectivity index (χ2v) is 6.29. The van der Waals surface area contributed by atoms with Crippen LogP contribution < -0.4 is 0 Å². The van der Waals surface area contributed by atoms with Gasteiger partial charge >= 0.3 is 5.97 Å². The summed E-state index contributed by atoms with van der Waals surface area (Å²) in [7, 11) is -3.82. The quantitative estimate of drug-likeness (QED) is 0.806. The van der Waals surface area contributed by atoms with Crippen molar-refractivity contribution in [2.45, 2.75) is 4.90 Å². The van der Waals surface area contributed by atoms with Crippen molar-refractivity contribution in [3.05, 3.63) is 66.4 Å². The molecule has 0 bridgehead atoms. The number of aromatic nitrogens is 1. The van der Waals surface area contributed by atoms with Crippen LogP contribution in [-0.4, -0.2) is 23.5 Å². The van der Waals surface area contributed by atoms with Gasteiger partial charge in [-0.15, -0.1) is 0 Å². The number of nitrogens with zero attached hydrogens (tertiary/aromatic N) is 1. The molecule has 106 valence electrons. The molecule has 0 radical (unpaired) electrons. The van der Waals surface area contributed by atoms with E-state index in [1.165, 1.54) is 12.1 Å². The van der Waals surface area contributed by atoms with E-state index >= 15 is 0 Å². The summed E-state index contributed by atoms with van der Waals surface area (Å²) >= 11 is 0. The maximum absolute atomic E-state index is 12.7. The molecule has 0 spiro atoms. The molecular formula is C15H11NO4S. The lowest BCUT2D eigenvalue weighted by atomic mass is 10.2. The Kier molecular flexibility index (Phi) is 3.03. The van der Waals surface area contributed by atoms with Crippen molar-refractivity contribution in [1.82, 2.24) is 3.97 Å². The molecule has 21 heavy (non-hydrogen) atoms. The lowest BCUT2D eigenvalue weighted by Crippen LogP contribution is -2.11. The molecule has 5 nitrogen and oxygen atoms in total. The second kappa shape index (κ2) is 4.75. The average molecular weight is 301 g/mol. The minimum Gasteiger partial charge on any atom is -0.478 e. The summed E-state index contributed by atoms with van der Waals surface area (Å²) in [6.45, 7) is 0. The van der Waals surface area contributed by atoms with E-state index in [1.54, 1.807) is 42.5 Å². The first kappa shape index (κ1) is 13.4. The Morgan fingerprint density at radius 3 is 2.24 bits per heavy atom. The molecule has 0 unspecified atom stereocenters. The van der Waals surface area contributed by atoms with E-state index in [4.69, 9.17) is 0 Å². The van der Waals surface area contributed by atoms with Crippen LogP contribution in [0, 0.1) is 0 Å². The molecule has 0 aliphatic carbocycles. The summed E-state index contributed by atoms with van der Waals surface area (Å²) in [4.78, 5) is 11.4. The van der Waals surface area contributed by atoms with Crippen LogP contribution in [-0.2, 0) is 10.0 Å². The molecule has 1 aromatic heterocycles. The first-order valence-corrected chi connectivity index (χ1v) is 7.60. The summed E-state index contributed by atoms with van der Waals surface area (Å²) in [5.41, 5.74) is 0.309. The number of hydrogen-bond donors (Lipinski definition) is 1. The minimum absolute atomic E-state index is 0.0369. The lowest BCUT2D eigenvalue weighted by Gasteiger charge is -2.06. The summed E-state index contributed by atoms with van der Waals surface area (Å²) in [6.07, 6.45) is 1.15. The van der Waals surface area contributed by atoms with Crippen molar-refractivity contribution < 1.29 is 18.3 Å². The van der Waals surface area contributed by atoms with Crippen LogP contribution in [0.3, 0.4) is 0 Å². The Morgan fingerprint density at radius 2 is 1.57 bits per heavy atom. The number of hydrogen-bond acceptors (Lipinski definition) is 3. The summed E-state index contributed by atoms with van der Waals surface area (Å²) < 4.78 is 26.3. The molecule has 0 aliphatic rings. The lowest BCUT2D eigenvalue weighted by molar-refractivity contribution is 0.0699. The Labute approximate surface area is 121 Å². The van der Waals surface area contributed by atoms with E-state index in [-0.39, 0.29) is 10.5 Å². The van der Waals surface area contributed by atoms with Crippen LogP contribution in [0.15, 0.2) is 65.7 Å². The third-order valence-electron chi connectivity index (χ3n) is 3.21. The Hall–Kier alpha value is -2.60. The molecule has 1 heterocycles. The molecule has 3 aromatic rings. The molecule has 6 heteroatoms. The standard InChI is InChI=1S/C15H11NO4S/c17-15(18)13-10-16(14-9-5-4-8-12(13)14)21(19,20)11-6-2-1-3-7-11/h1-10H,(H,17,18). The number of fused-ring (bicyclic) bond motifs is 1. The second-order valence-electron chi connectivity index (χ2n) is 4.48. The van der Waals surface area contributed by atoms with Crippen molar-refractivity contribution in [3.63, 3.8) is 0 Å². The van der Waals surface area contributed by atoms with Gasteiger partial charge in [0.1, 0.15) is 0 Å². The van der Waals surface area contributed by atoms with Crippen molar-refractivity contribution >= 4 is 26.9 Å². The number of aromatic carboxylic acids is 1. The molecule has 0 atom stereocenters. The monoisotopic (exact) mass is 301 g/mol. The maximum atomic E-state index is 12.7. The van der Waals surface area contributed by atoms with Crippen molar-refractivity contribution in [1.29, 1.82) is 0 Å². The number of carbonyl (C=O) groups is 1. The molecule has 0 aliphatic heterocycles. The number of benzene rings is 2. The van der Waals surface area contributed by atoms with Gasteiger partial charge in [0.05, 0.1) is 16.0 Å². The molecule has 2 aromatic carbocycles. The Morgan fingerprint density at radius 1 is 0.952 bits per heavy atom. The summed E-state index contributed by atoms with van der Waals surface area (Å²) in [5, 5.41) is 9.62. The SMILES string of the molecule is O=C(O)c1cn(S(=O)(=O)c2ccccc2)c2ccccc12. The van der Waals surface area contributed by atoms with E-state index in [1.807, 2.05) is 0 Å². The number of carboxylic acid groups (broad SMARTS) is 1. The molecule has 0 amide bonds. The van der Waals surface area contributed by atoms with Crippen LogP contribution in [0.25, 0.3) is 10.9 Å². The van der Waals surface area contributed by atoms with E-state index < -0.39 is 16.0 Å². The molecule has 0 saturated heterocycles. The van der Waals surface area contributed by atoms with Gasteiger partial charge in [-0.3, -0.25) is 0 Å². The average Bonchev–Trinajstić information content (AvgIpc) is 2.88. The van der Waals surface area contributed by atoms with Crippen molar-refractivity contribution in [2.75, 3.05) is 0 Å². The van der Waals surface area contributed by atoms with Gasteiger partial charge in [-0.05, 0) is 18.2 Å². The van der Waals surface area contributed by atoms with Gasteiger partial charge in [0.15, 0.2) is 0 Å². The maximum Gasteiger partial charge on any atom is 0.337 e. The number of rotatable bonds is 3. The zero-order valence-electron chi connectivity index (χ0n) is 10.8. The highest BCUT2D eigenvalue weighted by Gasteiger charge is 2.22. The summed E-state index contributed by atoms with van der Waals surface area (Å²) in [5.74, 6) is -1.16. The van der Waals surface area contributed by atoms with Gasteiger partial charge < -0.3 is 5.11 Å². The van der Waals surface area contributed by atoms with E-state index in [2.05, 4.69) is 0 Å². The van der Waals surface area contributed by atoms with Gasteiger partial charge in [0, 0.05) is 11.6 Å². The van der Waals surface area contributed by atoms with Gasteiger partial charge in [0.2, 0.25) is 0 Å². The van der Waals surface area contributed by atoms with Crippen LogP contribution >= 0.6 is 0 Å². The van der Waals surface area contributed by atoms with Gasteiger partial charge in [-0.25, -0.2) is 17.2 Å². The highest BCUT2D eigenvalue weighted by atomic mass is 32.2. The van der Waals surface area contributed by atoms with Crippen LogP contribution in [0.1, 0.15) is 10.4 Å². The van der Waals surface area contributed by atoms with Crippen molar-refractivity contribution in [2.24, 2.45) is 0 Å². The zero-order valence-corrected chi connectivity index (χ0v) is 11.6. The topological polar surface area (TPSA) is 76.4 Å². The molecule has 1 N–H and O–H groups in total. The van der Waals surface area contributed by atoms with Gasteiger partial charge in [-0.2, -0.15) is 0 Å². The normalized spacial score (nSPS) is 11.6. The van der Waals surface area contributed by atoms with E-state index in [0.29, 0.717) is 10.9 Å². The molecular weight excluding hydrogens is 290 g/mol. The van der Waals surface area contributed by atoms with E-state index in [9.17, 15) is 18.3 Å². The van der Waals surface area contributed by atoms with Crippen LogP contribution in [0.2, 0.25) is 0 Å². The predicted octanol–water partition coefficient (Wildman–Crippen LogP) is 2.58. The molecule has 0 saturated carbocycles. The largest absolute Gasteiger partial charge is 0.478 e. The molecule has 0 fully saturated rings. The highest BCUT2D eigenvalue weighted by Crippen LogP contribution is 2.25. The third kappa shape index (κ3) is 2.09. The fourth-order valence-corrected chi connectivity index (χ4v) is 3.62. The smallest absolute Gasteiger partial charge is 0.337 e. The first-order valence-electron chi connectivity index (χ1n) is 6.16. The van der Waals surface area contributed by atoms with Crippen molar-refractivity contribution in [3.8, 4) is 0 Å². The van der Waals surface area contributed by atoms with Crippen LogP contribution in [0.5, 0.6) is 0 Å². The Balaban J connectivity index is 2.34. The predicted molar refractivity (Wildman–Crippen MR) is 77.9 cm³/mol. The first-order chi connectivity index (χ1) is 10.0.